The lowest BCUT2D eigenvalue weighted by molar-refractivity contribution is 0.0689. The van der Waals surface area contributed by atoms with Gasteiger partial charge in [-0.05, 0) is 24.3 Å². The van der Waals surface area contributed by atoms with Crippen LogP contribution in [-0.4, -0.2) is 21.0 Å². The molecule has 0 unspecified atom stereocenters. The van der Waals surface area contributed by atoms with Gasteiger partial charge < -0.3 is 5.11 Å². The third-order valence-electron chi connectivity index (χ3n) is 3.53. The molecule has 0 spiro atoms. The lowest BCUT2D eigenvalue weighted by Crippen LogP contribution is -2.10. The number of hydrogen-bond donors (Lipinski definition) is 1. The Labute approximate surface area is 162 Å². The summed E-state index contributed by atoms with van der Waals surface area (Å²) in [5, 5.41) is 10.9. The zero-order valence-electron chi connectivity index (χ0n) is 12.7. The number of nitrogens with zero attached hydrogens (tertiary/aromatic N) is 2. The Hall–Kier alpha value is -1.95. The molecule has 0 aliphatic carbocycles. The van der Waals surface area contributed by atoms with Gasteiger partial charge in [0, 0.05) is 26.5 Å². The van der Waals surface area contributed by atoms with E-state index in [-0.39, 0.29) is 11.0 Å². The number of alkyl halides is 1. The van der Waals surface area contributed by atoms with Gasteiger partial charge in [0.25, 0.3) is 0 Å². The van der Waals surface area contributed by atoms with Crippen LogP contribution in [0.4, 0.5) is 0 Å². The fourth-order valence-electron chi connectivity index (χ4n) is 2.35. The van der Waals surface area contributed by atoms with Crippen molar-refractivity contribution in [2.45, 2.75) is 5.33 Å². The molecule has 7 heteroatoms. The molecule has 0 fully saturated rings. The molecule has 0 saturated heterocycles. The largest absolute Gasteiger partial charge is 0.476 e. The van der Waals surface area contributed by atoms with Gasteiger partial charge in [-0.1, -0.05) is 63.4 Å². The van der Waals surface area contributed by atoms with Crippen molar-refractivity contribution in [3.8, 4) is 22.5 Å². The zero-order chi connectivity index (χ0) is 18.0. The van der Waals surface area contributed by atoms with Crippen molar-refractivity contribution in [2.24, 2.45) is 0 Å². The van der Waals surface area contributed by atoms with Crippen LogP contribution in [0.2, 0.25) is 10.0 Å². The molecule has 3 rings (SSSR count). The fraction of sp³-hybridized carbons (Fsp3) is 0.0556. The van der Waals surface area contributed by atoms with Crippen molar-refractivity contribution in [1.29, 1.82) is 0 Å². The monoisotopic (exact) mass is 436 g/mol. The topological polar surface area (TPSA) is 63.1 Å². The quantitative estimate of drug-likeness (QED) is 0.531. The predicted octanol–water partition coefficient (Wildman–Crippen LogP) is 5.71. The molecule has 0 bridgehead atoms. The van der Waals surface area contributed by atoms with Gasteiger partial charge in [0.2, 0.25) is 0 Å². The Balaban J connectivity index is 2.28. The van der Waals surface area contributed by atoms with Crippen LogP contribution < -0.4 is 0 Å². The van der Waals surface area contributed by atoms with Crippen LogP contribution in [0.15, 0.2) is 48.5 Å². The smallest absolute Gasteiger partial charge is 0.356 e. The highest BCUT2D eigenvalue weighted by atomic mass is 79.9. The summed E-state index contributed by atoms with van der Waals surface area (Å²) in [6.07, 6.45) is 0. The second kappa shape index (κ2) is 7.52. The van der Waals surface area contributed by atoms with Crippen molar-refractivity contribution < 1.29 is 9.90 Å². The van der Waals surface area contributed by atoms with Crippen LogP contribution in [-0.2, 0) is 5.33 Å². The number of aromatic nitrogens is 2. The summed E-state index contributed by atoms with van der Waals surface area (Å²) >= 11 is 15.2. The molecular weight excluding hydrogens is 427 g/mol. The maximum Gasteiger partial charge on any atom is 0.356 e. The van der Waals surface area contributed by atoms with Gasteiger partial charge in [-0.3, -0.25) is 0 Å². The molecule has 126 valence electrons. The van der Waals surface area contributed by atoms with E-state index in [1.807, 2.05) is 12.1 Å². The van der Waals surface area contributed by atoms with Gasteiger partial charge in [0.1, 0.15) is 0 Å². The lowest BCUT2D eigenvalue weighted by atomic mass is 10.0. The molecule has 0 atom stereocenters. The first-order chi connectivity index (χ1) is 12.0. The minimum Gasteiger partial charge on any atom is -0.476 e. The minimum atomic E-state index is -1.13. The molecule has 1 aromatic heterocycles. The summed E-state index contributed by atoms with van der Waals surface area (Å²) in [6.45, 7) is 0. The molecule has 4 nitrogen and oxygen atoms in total. The number of carboxylic acid groups (broad SMARTS) is 1. The van der Waals surface area contributed by atoms with Gasteiger partial charge in [-0.15, -0.1) is 0 Å². The van der Waals surface area contributed by atoms with Crippen LogP contribution in [0.1, 0.15) is 16.2 Å². The molecule has 25 heavy (non-hydrogen) atoms. The first-order valence-corrected chi connectivity index (χ1v) is 9.09. The molecule has 0 aliphatic heterocycles. The van der Waals surface area contributed by atoms with E-state index >= 15 is 0 Å². The van der Waals surface area contributed by atoms with E-state index < -0.39 is 5.97 Å². The number of halogens is 3. The van der Waals surface area contributed by atoms with E-state index in [0.717, 1.165) is 11.1 Å². The Bertz CT molecular complexity index is 929. The second-order valence-electron chi connectivity index (χ2n) is 5.17. The normalized spacial score (nSPS) is 10.7. The Morgan fingerprint density at radius 3 is 1.72 bits per heavy atom. The van der Waals surface area contributed by atoms with E-state index in [2.05, 4.69) is 25.9 Å². The van der Waals surface area contributed by atoms with E-state index in [4.69, 9.17) is 23.2 Å². The van der Waals surface area contributed by atoms with Gasteiger partial charge >= 0.3 is 5.97 Å². The van der Waals surface area contributed by atoms with E-state index in [1.165, 1.54) is 0 Å². The zero-order valence-corrected chi connectivity index (χ0v) is 15.8. The summed E-state index contributed by atoms with van der Waals surface area (Å²) in [5.74, 6) is -1.13. The van der Waals surface area contributed by atoms with Gasteiger partial charge in [-0.25, -0.2) is 14.8 Å². The van der Waals surface area contributed by atoms with Crippen LogP contribution in [0.25, 0.3) is 22.5 Å². The fourth-order valence-corrected chi connectivity index (χ4v) is 3.00. The maximum atomic E-state index is 11.5. The summed E-state index contributed by atoms with van der Waals surface area (Å²) in [5.41, 5.74) is 2.85. The van der Waals surface area contributed by atoms with Gasteiger partial charge in [-0.2, -0.15) is 0 Å². The molecule has 0 radical (unpaired) electrons. The summed E-state index contributed by atoms with van der Waals surface area (Å²) in [7, 11) is 0. The number of carboxylic acids is 1. The van der Waals surface area contributed by atoms with Crippen molar-refractivity contribution in [3.63, 3.8) is 0 Å². The van der Waals surface area contributed by atoms with Crippen molar-refractivity contribution in [2.75, 3.05) is 0 Å². The Morgan fingerprint density at radius 1 is 0.880 bits per heavy atom. The molecule has 1 N–H and O–H groups in total. The number of hydrogen-bond acceptors (Lipinski definition) is 3. The van der Waals surface area contributed by atoms with Gasteiger partial charge in [0.05, 0.1) is 17.1 Å². The third-order valence-corrected chi connectivity index (χ3v) is 4.57. The summed E-state index contributed by atoms with van der Waals surface area (Å²) in [4.78, 5) is 20.5. The summed E-state index contributed by atoms with van der Waals surface area (Å²) < 4.78 is 0. The number of aromatic carboxylic acids is 1. The molecule has 1 heterocycles. The standard InChI is InChI=1S/C18H11BrCl2N2O2/c19-9-14-17(18(24)25)23-16(11-3-7-13(21)8-4-11)15(22-14)10-1-5-12(20)6-2-10/h1-8H,9H2,(H,24,25). The van der Waals surface area contributed by atoms with E-state index in [1.54, 1.807) is 36.4 Å². The predicted molar refractivity (Wildman–Crippen MR) is 103 cm³/mol. The van der Waals surface area contributed by atoms with Crippen LogP contribution in [0, 0.1) is 0 Å². The van der Waals surface area contributed by atoms with Crippen LogP contribution in [0.3, 0.4) is 0 Å². The number of benzene rings is 2. The first kappa shape index (κ1) is 17.9. The number of rotatable bonds is 4. The molecule has 2 aromatic carbocycles. The highest BCUT2D eigenvalue weighted by Crippen LogP contribution is 2.32. The molecule has 0 amide bonds. The Morgan fingerprint density at radius 2 is 1.32 bits per heavy atom. The molecular formula is C18H11BrCl2N2O2. The van der Waals surface area contributed by atoms with E-state index in [9.17, 15) is 9.90 Å². The molecule has 0 aliphatic rings. The van der Waals surface area contributed by atoms with Crippen molar-refractivity contribution >= 4 is 45.1 Å². The van der Waals surface area contributed by atoms with Crippen LogP contribution >= 0.6 is 39.1 Å². The third kappa shape index (κ3) is 3.84. The van der Waals surface area contributed by atoms with Crippen molar-refractivity contribution in [3.05, 3.63) is 70.0 Å². The van der Waals surface area contributed by atoms with E-state index in [0.29, 0.717) is 27.1 Å². The molecule has 0 saturated carbocycles. The SMILES string of the molecule is O=C(O)c1nc(-c2ccc(Cl)cc2)c(-c2ccc(Cl)cc2)nc1CBr. The highest BCUT2D eigenvalue weighted by Gasteiger charge is 2.20. The first-order valence-electron chi connectivity index (χ1n) is 7.21. The lowest BCUT2D eigenvalue weighted by Gasteiger charge is -2.12. The maximum absolute atomic E-state index is 11.5. The minimum absolute atomic E-state index is 0.0838. The second-order valence-corrected chi connectivity index (χ2v) is 6.60. The van der Waals surface area contributed by atoms with Crippen molar-refractivity contribution in [1.82, 2.24) is 9.97 Å². The summed E-state index contributed by atoms with van der Waals surface area (Å²) in [6, 6.07) is 14.2. The molecule has 3 aromatic rings. The highest BCUT2D eigenvalue weighted by molar-refractivity contribution is 9.08. The Kier molecular flexibility index (Phi) is 5.37. The average Bonchev–Trinajstić information content (AvgIpc) is 2.62. The number of carbonyl (C=O) groups is 1. The van der Waals surface area contributed by atoms with Crippen LogP contribution in [0.5, 0.6) is 0 Å². The van der Waals surface area contributed by atoms with Gasteiger partial charge in [0.15, 0.2) is 5.69 Å². The average molecular weight is 438 g/mol.